The highest BCUT2D eigenvalue weighted by Gasteiger charge is 2.29. The molecule has 1 aliphatic heterocycles. The van der Waals surface area contributed by atoms with Crippen LogP contribution in [0.5, 0.6) is 5.75 Å². The molecule has 2 atom stereocenters. The normalized spacial score (nSPS) is 22.3. The third kappa shape index (κ3) is 4.21. The van der Waals surface area contributed by atoms with Crippen LogP contribution in [0.4, 0.5) is 5.69 Å². The first kappa shape index (κ1) is 16.8. The number of ether oxygens (including phenoxy) is 1. The van der Waals surface area contributed by atoms with E-state index >= 15 is 0 Å². The lowest BCUT2D eigenvalue weighted by atomic mass is 9.91. The van der Waals surface area contributed by atoms with E-state index in [1.54, 1.807) is 0 Å². The highest BCUT2D eigenvalue weighted by atomic mass is 16.5. The van der Waals surface area contributed by atoms with Gasteiger partial charge in [-0.1, -0.05) is 19.1 Å². The lowest BCUT2D eigenvalue weighted by molar-refractivity contribution is -0.118. The van der Waals surface area contributed by atoms with Gasteiger partial charge >= 0.3 is 0 Å². The largest absolute Gasteiger partial charge is 0.492 e. The van der Waals surface area contributed by atoms with Crippen molar-refractivity contribution in [2.75, 3.05) is 31.6 Å². The van der Waals surface area contributed by atoms with Gasteiger partial charge in [-0.3, -0.25) is 9.69 Å². The van der Waals surface area contributed by atoms with Gasteiger partial charge in [0, 0.05) is 6.04 Å². The van der Waals surface area contributed by atoms with E-state index in [1.165, 1.54) is 0 Å². The zero-order valence-electron chi connectivity index (χ0n) is 13.4. The lowest BCUT2D eigenvalue weighted by Crippen LogP contribution is -2.49. The number of carbonyl (C=O) groups excluding carboxylic acids is 1. The molecule has 0 spiro atoms. The van der Waals surface area contributed by atoms with Crippen molar-refractivity contribution in [3.8, 4) is 5.75 Å². The molecule has 1 aromatic rings. The van der Waals surface area contributed by atoms with Gasteiger partial charge in [0.2, 0.25) is 5.91 Å². The number of piperidine rings is 1. The van der Waals surface area contributed by atoms with Gasteiger partial charge in [0.15, 0.2) is 0 Å². The molecule has 0 radical (unpaired) electrons. The summed E-state index contributed by atoms with van der Waals surface area (Å²) in [5.74, 6) is 1.03. The second-order valence-corrected chi connectivity index (χ2v) is 5.82. The predicted octanol–water partition coefficient (Wildman–Crippen LogP) is 2.12. The van der Waals surface area contributed by atoms with Crippen LogP contribution in [0.15, 0.2) is 24.3 Å². The SMILES string of the molecule is CCOc1ccccc1NC(=O)CN1CCCC(C)C1CO. The van der Waals surface area contributed by atoms with Gasteiger partial charge in [-0.25, -0.2) is 0 Å². The first-order valence-electron chi connectivity index (χ1n) is 8.02. The van der Waals surface area contributed by atoms with Crippen LogP contribution >= 0.6 is 0 Å². The topological polar surface area (TPSA) is 61.8 Å². The number of carbonyl (C=O) groups is 1. The average molecular weight is 306 g/mol. The van der Waals surface area contributed by atoms with Crippen molar-refractivity contribution in [1.29, 1.82) is 0 Å². The van der Waals surface area contributed by atoms with Crippen molar-refractivity contribution in [2.45, 2.75) is 32.7 Å². The van der Waals surface area contributed by atoms with E-state index in [-0.39, 0.29) is 18.6 Å². The molecule has 1 heterocycles. The Morgan fingerprint density at radius 2 is 2.23 bits per heavy atom. The maximum atomic E-state index is 12.3. The Hall–Kier alpha value is -1.59. The molecule has 5 heteroatoms. The molecule has 1 fully saturated rings. The maximum absolute atomic E-state index is 12.3. The molecule has 2 N–H and O–H groups in total. The van der Waals surface area contributed by atoms with Gasteiger partial charge in [0.1, 0.15) is 5.75 Å². The highest BCUT2D eigenvalue weighted by molar-refractivity contribution is 5.93. The van der Waals surface area contributed by atoms with Gasteiger partial charge in [-0.15, -0.1) is 0 Å². The third-order valence-electron chi connectivity index (χ3n) is 4.23. The monoisotopic (exact) mass is 306 g/mol. The van der Waals surface area contributed by atoms with Crippen molar-refractivity contribution < 1.29 is 14.6 Å². The van der Waals surface area contributed by atoms with Gasteiger partial charge < -0.3 is 15.2 Å². The van der Waals surface area contributed by atoms with Crippen LogP contribution in [-0.2, 0) is 4.79 Å². The summed E-state index contributed by atoms with van der Waals surface area (Å²) in [7, 11) is 0. The summed E-state index contributed by atoms with van der Waals surface area (Å²) in [4.78, 5) is 14.4. The summed E-state index contributed by atoms with van der Waals surface area (Å²) in [6.07, 6.45) is 2.18. The number of anilines is 1. The van der Waals surface area contributed by atoms with E-state index in [9.17, 15) is 9.90 Å². The van der Waals surface area contributed by atoms with E-state index in [0.29, 0.717) is 30.5 Å². The van der Waals surface area contributed by atoms with E-state index in [2.05, 4.69) is 17.1 Å². The van der Waals surface area contributed by atoms with Crippen LogP contribution in [0.2, 0.25) is 0 Å². The molecule has 2 unspecified atom stereocenters. The predicted molar refractivity (Wildman–Crippen MR) is 87.1 cm³/mol. The Bertz CT molecular complexity index is 493. The molecule has 122 valence electrons. The third-order valence-corrected chi connectivity index (χ3v) is 4.23. The number of benzene rings is 1. The molecule has 1 amide bonds. The molecule has 2 rings (SSSR count). The van der Waals surface area contributed by atoms with Crippen molar-refractivity contribution in [3.63, 3.8) is 0 Å². The van der Waals surface area contributed by atoms with Gasteiger partial charge in [-0.2, -0.15) is 0 Å². The number of para-hydroxylation sites is 2. The van der Waals surface area contributed by atoms with Crippen LogP contribution in [0, 0.1) is 5.92 Å². The lowest BCUT2D eigenvalue weighted by Gasteiger charge is -2.38. The number of nitrogens with zero attached hydrogens (tertiary/aromatic N) is 1. The summed E-state index contributed by atoms with van der Waals surface area (Å²) < 4.78 is 5.52. The Labute approximate surface area is 132 Å². The van der Waals surface area contributed by atoms with E-state index in [4.69, 9.17) is 4.74 Å². The Morgan fingerprint density at radius 3 is 2.95 bits per heavy atom. The quantitative estimate of drug-likeness (QED) is 0.845. The minimum atomic E-state index is -0.0697. The molecule has 0 saturated carbocycles. The summed E-state index contributed by atoms with van der Waals surface area (Å²) >= 11 is 0. The van der Waals surface area contributed by atoms with Gasteiger partial charge in [0.05, 0.1) is 25.4 Å². The second kappa shape index (κ2) is 8.15. The number of nitrogens with one attached hydrogen (secondary N) is 1. The first-order valence-corrected chi connectivity index (χ1v) is 8.02. The number of hydrogen-bond acceptors (Lipinski definition) is 4. The fraction of sp³-hybridized carbons (Fsp3) is 0.588. The molecule has 0 aromatic heterocycles. The number of likely N-dealkylation sites (tertiary alicyclic amines) is 1. The molecular weight excluding hydrogens is 280 g/mol. The minimum Gasteiger partial charge on any atom is -0.492 e. The molecule has 1 aliphatic rings. The number of amides is 1. The zero-order valence-corrected chi connectivity index (χ0v) is 13.4. The zero-order chi connectivity index (χ0) is 15.9. The summed E-state index contributed by atoms with van der Waals surface area (Å²) in [5.41, 5.74) is 0.694. The molecule has 0 bridgehead atoms. The van der Waals surface area contributed by atoms with Crippen molar-refractivity contribution in [3.05, 3.63) is 24.3 Å². The average Bonchev–Trinajstić information content (AvgIpc) is 2.50. The van der Waals surface area contributed by atoms with Gasteiger partial charge in [-0.05, 0) is 44.4 Å². The minimum absolute atomic E-state index is 0.0697. The van der Waals surface area contributed by atoms with E-state index in [1.807, 2.05) is 31.2 Å². The Kier molecular flexibility index (Phi) is 6.21. The fourth-order valence-corrected chi connectivity index (χ4v) is 3.05. The highest BCUT2D eigenvalue weighted by Crippen LogP contribution is 2.25. The standard InChI is InChI=1S/C17H26N2O3/c1-3-22-16-9-5-4-8-14(16)18-17(21)11-19-10-6-7-13(2)15(19)12-20/h4-5,8-9,13,15,20H,3,6-7,10-12H2,1-2H3,(H,18,21). The van der Waals surface area contributed by atoms with Crippen molar-refractivity contribution in [1.82, 2.24) is 4.90 Å². The molecular formula is C17H26N2O3. The number of aliphatic hydroxyl groups excluding tert-OH is 1. The molecule has 22 heavy (non-hydrogen) atoms. The Balaban J connectivity index is 1.98. The molecule has 1 saturated heterocycles. The second-order valence-electron chi connectivity index (χ2n) is 5.82. The van der Waals surface area contributed by atoms with Crippen LogP contribution in [0.25, 0.3) is 0 Å². The van der Waals surface area contributed by atoms with Crippen LogP contribution in [0.3, 0.4) is 0 Å². The molecule has 5 nitrogen and oxygen atoms in total. The molecule has 0 aliphatic carbocycles. The van der Waals surface area contributed by atoms with Crippen LogP contribution in [0.1, 0.15) is 26.7 Å². The van der Waals surface area contributed by atoms with E-state index in [0.717, 1.165) is 19.4 Å². The number of hydrogen-bond donors (Lipinski definition) is 2. The number of rotatable bonds is 6. The Morgan fingerprint density at radius 1 is 1.45 bits per heavy atom. The summed E-state index contributed by atoms with van der Waals surface area (Å²) in [5, 5.41) is 12.5. The van der Waals surface area contributed by atoms with Crippen molar-refractivity contribution in [2.24, 2.45) is 5.92 Å². The van der Waals surface area contributed by atoms with Crippen LogP contribution in [-0.4, -0.2) is 48.3 Å². The van der Waals surface area contributed by atoms with Gasteiger partial charge in [0.25, 0.3) is 0 Å². The maximum Gasteiger partial charge on any atom is 0.238 e. The molecule has 1 aromatic carbocycles. The first-order chi connectivity index (χ1) is 10.7. The van der Waals surface area contributed by atoms with Crippen LogP contribution < -0.4 is 10.1 Å². The smallest absolute Gasteiger partial charge is 0.238 e. The van der Waals surface area contributed by atoms with Crippen molar-refractivity contribution >= 4 is 11.6 Å². The van der Waals surface area contributed by atoms with E-state index < -0.39 is 0 Å². The summed E-state index contributed by atoms with van der Waals surface area (Å²) in [6, 6.07) is 7.51. The summed E-state index contributed by atoms with van der Waals surface area (Å²) in [6.45, 7) is 5.87. The fourth-order valence-electron chi connectivity index (χ4n) is 3.05. The number of aliphatic hydroxyl groups is 1.